The Kier molecular flexibility index (Phi) is 8.14. The molecule has 0 atom stereocenters. The summed E-state index contributed by atoms with van der Waals surface area (Å²) in [6.45, 7) is 7.16. The topological polar surface area (TPSA) is 66.3 Å². The van der Waals surface area contributed by atoms with Crippen molar-refractivity contribution < 1.29 is 18.0 Å². The Morgan fingerprint density at radius 1 is 1.00 bits per heavy atom. The van der Waals surface area contributed by atoms with Crippen molar-refractivity contribution in [2.75, 3.05) is 31.5 Å². The molecule has 1 aromatic heterocycles. The van der Waals surface area contributed by atoms with Crippen LogP contribution >= 0.6 is 0 Å². The van der Waals surface area contributed by atoms with Crippen LogP contribution in [0.25, 0.3) is 11.1 Å². The average Bonchev–Trinajstić information content (AvgIpc) is 3.26. The summed E-state index contributed by atoms with van der Waals surface area (Å²) in [7, 11) is 0. The fourth-order valence-electron chi connectivity index (χ4n) is 3.50. The van der Waals surface area contributed by atoms with Gasteiger partial charge in [0.15, 0.2) is 5.76 Å². The summed E-state index contributed by atoms with van der Waals surface area (Å²) in [4.78, 5) is 12.4. The van der Waals surface area contributed by atoms with Crippen LogP contribution in [0.5, 0.6) is 0 Å². The number of carbonyl (C=O) groups is 1. The fourth-order valence-corrected chi connectivity index (χ4v) is 3.50. The molecule has 166 valence electrons. The molecule has 0 fully saturated rings. The number of nitrogens with one attached hydrogen (secondary N) is 3. The van der Waals surface area contributed by atoms with Crippen molar-refractivity contribution in [1.29, 1.82) is 0 Å². The number of halogens is 2. The lowest BCUT2D eigenvalue weighted by Crippen LogP contribution is -2.20. The van der Waals surface area contributed by atoms with Crippen LogP contribution in [-0.2, 0) is 0 Å². The van der Waals surface area contributed by atoms with E-state index in [0.29, 0.717) is 25.1 Å². The second-order valence-electron chi connectivity index (χ2n) is 7.54. The second-order valence-corrected chi connectivity index (χ2v) is 7.54. The Bertz CT molecular complexity index is 956. The van der Waals surface area contributed by atoms with E-state index in [0.717, 1.165) is 42.8 Å². The van der Waals surface area contributed by atoms with Gasteiger partial charge in [0.25, 0.3) is 5.91 Å². The zero-order valence-electron chi connectivity index (χ0n) is 18.0. The van der Waals surface area contributed by atoms with E-state index in [-0.39, 0.29) is 17.0 Å². The van der Waals surface area contributed by atoms with Gasteiger partial charge in [-0.3, -0.25) is 4.79 Å². The van der Waals surface area contributed by atoms with Gasteiger partial charge >= 0.3 is 0 Å². The molecule has 0 bridgehead atoms. The maximum absolute atomic E-state index is 14.5. The Balaban J connectivity index is 0.000000858. The van der Waals surface area contributed by atoms with Gasteiger partial charge in [-0.2, -0.15) is 0 Å². The van der Waals surface area contributed by atoms with Crippen LogP contribution in [0, 0.1) is 11.6 Å². The van der Waals surface area contributed by atoms with Crippen molar-refractivity contribution in [3.63, 3.8) is 0 Å². The molecule has 0 saturated carbocycles. The summed E-state index contributed by atoms with van der Waals surface area (Å²) >= 11 is 0. The lowest BCUT2D eigenvalue weighted by Gasteiger charge is -2.16. The molecule has 4 rings (SSSR count). The first-order valence-electron chi connectivity index (χ1n) is 10.7. The first-order valence-corrected chi connectivity index (χ1v) is 10.7. The van der Waals surface area contributed by atoms with Gasteiger partial charge in [0.05, 0.1) is 6.26 Å². The molecule has 3 N–H and O–H groups in total. The minimum Gasteiger partial charge on any atom is -0.459 e. The van der Waals surface area contributed by atoms with Gasteiger partial charge in [0.2, 0.25) is 0 Å². The minimum absolute atomic E-state index is 0.0300. The highest BCUT2D eigenvalue weighted by Crippen LogP contribution is 2.29. The van der Waals surface area contributed by atoms with Crippen molar-refractivity contribution in [2.24, 2.45) is 0 Å². The van der Waals surface area contributed by atoms with Gasteiger partial charge in [-0.15, -0.1) is 0 Å². The Labute approximate surface area is 181 Å². The van der Waals surface area contributed by atoms with Crippen LogP contribution in [0.15, 0.2) is 41.0 Å². The molecule has 5 nitrogen and oxygen atoms in total. The molecule has 1 aromatic carbocycles. The number of rotatable bonds is 4. The lowest BCUT2D eigenvalue weighted by molar-refractivity contribution is 0.0996. The number of amides is 1. The predicted molar refractivity (Wildman–Crippen MR) is 120 cm³/mol. The molecule has 7 heteroatoms. The highest BCUT2D eigenvalue weighted by Gasteiger charge is 2.19. The summed E-state index contributed by atoms with van der Waals surface area (Å²) < 4.78 is 34.4. The summed E-state index contributed by atoms with van der Waals surface area (Å²) in [5.74, 6) is -1.83. The molecule has 2 aliphatic heterocycles. The van der Waals surface area contributed by atoms with Gasteiger partial charge in [0.1, 0.15) is 11.6 Å². The Morgan fingerprint density at radius 2 is 1.58 bits per heavy atom. The smallest absolute Gasteiger partial charge is 0.291 e. The third-order valence-corrected chi connectivity index (χ3v) is 4.94. The molecule has 0 saturated heterocycles. The standard InChI is InChI=1S/C21H21F2N3O2.C3H8/c22-17-10-16(11-18(23)20(17)14-3-7-25-8-4-14)26-21(27)19-9-15(12-28-19)13-1-5-24-6-2-13;1-3-2/h1,3,9-12,24-25H,2,4-8H2,(H,26,27);3H2,1-2H3. The van der Waals surface area contributed by atoms with Crippen molar-refractivity contribution in [1.82, 2.24) is 10.6 Å². The minimum atomic E-state index is -0.691. The largest absolute Gasteiger partial charge is 0.459 e. The summed E-state index contributed by atoms with van der Waals surface area (Å²) in [6, 6.07) is 3.92. The molecule has 3 heterocycles. The maximum Gasteiger partial charge on any atom is 0.291 e. The fraction of sp³-hybridized carbons (Fsp3) is 0.375. The first kappa shape index (κ1) is 22.9. The van der Waals surface area contributed by atoms with E-state index in [2.05, 4.69) is 35.9 Å². The van der Waals surface area contributed by atoms with Crippen molar-refractivity contribution >= 4 is 22.7 Å². The number of furan rings is 1. The van der Waals surface area contributed by atoms with E-state index in [1.54, 1.807) is 12.1 Å². The number of anilines is 1. The predicted octanol–water partition coefficient (Wildman–Crippen LogP) is 4.98. The monoisotopic (exact) mass is 429 g/mol. The van der Waals surface area contributed by atoms with Crippen molar-refractivity contribution in [2.45, 2.75) is 33.1 Å². The van der Waals surface area contributed by atoms with E-state index in [1.165, 1.54) is 12.7 Å². The molecule has 2 aliphatic rings. The molecule has 0 radical (unpaired) electrons. The first-order chi connectivity index (χ1) is 15.0. The van der Waals surface area contributed by atoms with E-state index in [1.807, 2.05) is 0 Å². The van der Waals surface area contributed by atoms with Crippen LogP contribution in [0.1, 0.15) is 54.8 Å². The Morgan fingerprint density at radius 3 is 2.13 bits per heavy atom. The summed E-state index contributed by atoms with van der Waals surface area (Å²) in [6.07, 6.45) is 8.02. The van der Waals surface area contributed by atoms with Gasteiger partial charge in [-0.1, -0.05) is 32.4 Å². The highest BCUT2D eigenvalue weighted by atomic mass is 19.1. The zero-order chi connectivity index (χ0) is 22.2. The summed E-state index contributed by atoms with van der Waals surface area (Å²) in [5.41, 5.74) is 2.61. The van der Waals surface area contributed by atoms with E-state index in [4.69, 9.17) is 4.42 Å². The second kappa shape index (κ2) is 11.0. The van der Waals surface area contributed by atoms with Gasteiger partial charge in [0, 0.05) is 29.9 Å². The number of hydrogen-bond acceptors (Lipinski definition) is 4. The van der Waals surface area contributed by atoms with Gasteiger partial charge in [-0.25, -0.2) is 8.78 Å². The van der Waals surface area contributed by atoms with Crippen LogP contribution in [0.2, 0.25) is 0 Å². The quantitative estimate of drug-likeness (QED) is 0.641. The Hall–Kier alpha value is -2.77. The van der Waals surface area contributed by atoms with E-state index >= 15 is 0 Å². The van der Waals surface area contributed by atoms with Gasteiger partial charge in [-0.05, 0) is 55.3 Å². The SMILES string of the molecule is CCC.O=C(Nc1cc(F)c(C2=CCNCC2)c(F)c1)c1cc(C2=CCNCC2)co1. The van der Waals surface area contributed by atoms with Gasteiger partial charge < -0.3 is 20.4 Å². The molecule has 0 aliphatic carbocycles. The number of hydrogen-bond donors (Lipinski definition) is 3. The maximum atomic E-state index is 14.5. The molecular weight excluding hydrogens is 400 g/mol. The van der Waals surface area contributed by atoms with Crippen LogP contribution in [0.3, 0.4) is 0 Å². The number of benzene rings is 1. The van der Waals surface area contributed by atoms with Crippen LogP contribution in [0.4, 0.5) is 14.5 Å². The van der Waals surface area contributed by atoms with Crippen LogP contribution < -0.4 is 16.0 Å². The molecule has 2 aromatic rings. The molecular formula is C24H29F2N3O2. The van der Waals surface area contributed by atoms with Crippen LogP contribution in [-0.4, -0.2) is 32.1 Å². The third kappa shape index (κ3) is 5.89. The molecule has 0 spiro atoms. The average molecular weight is 430 g/mol. The van der Waals surface area contributed by atoms with E-state index in [9.17, 15) is 13.6 Å². The normalized spacial score (nSPS) is 16.0. The van der Waals surface area contributed by atoms with E-state index < -0.39 is 17.5 Å². The highest BCUT2D eigenvalue weighted by molar-refractivity contribution is 6.02. The molecule has 0 unspecified atom stereocenters. The molecule has 31 heavy (non-hydrogen) atoms. The number of carbonyl (C=O) groups excluding carboxylic acids is 1. The zero-order valence-corrected chi connectivity index (χ0v) is 18.0. The molecule has 1 amide bonds. The van der Waals surface area contributed by atoms with Crippen molar-refractivity contribution in [3.8, 4) is 0 Å². The summed E-state index contributed by atoms with van der Waals surface area (Å²) in [5, 5.41) is 8.84. The lowest BCUT2D eigenvalue weighted by atomic mass is 9.98. The van der Waals surface area contributed by atoms with Crippen molar-refractivity contribution in [3.05, 3.63) is 65.1 Å². The third-order valence-electron chi connectivity index (χ3n) is 4.94.